The minimum atomic E-state index is -0.184. The monoisotopic (exact) mass is 321 g/mol. The van der Waals surface area contributed by atoms with Gasteiger partial charge in [-0.25, -0.2) is 0 Å². The van der Waals surface area contributed by atoms with Gasteiger partial charge in [-0.2, -0.15) is 5.26 Å². The zero-order chi connectivity index (χ0) is 17.5. The molecule has 0 radical (unpaired) electrons. The van der Waals surface area contributed by atoms with E-state index in [-0.39, 0.29) is 11.8 Å². The molecule has 0 spiro atoms. The highest BCUT2D eigenvalue weighted by Gasteiger charge is 2.15. The van der Waals surface area contributed by atoms with Crippen molar-refractivity contribution in [1.82, 2.24) is 5.32 Å². The van der Waals surface area contributed by atoms with Gasteiger partial charge in [0.05, 0.1) is 11.3 Å². The first kappa shape index (κ1) is 17.2. The summed E-state index contributed by atoms with van der Waals surface area (Å²) in [6.45, 7) is 3.96. The number of hydrogen-bond donors (Lipinski definition) is 1. The Morgan fingerprint density at radius 2 is 1.92 bits per heavy atom. The maximum atomic E-state index is 12.1. The lowest BCUT2D eigenvalue weighted by atomic mass is 10.1. The molecule has 2 amide bonds. The van der Waals surface area contributed by atoms with Crippen molar-refractivity contribution in [2.45, 2.75) is 13.8 Å². The molecule has 0 unspecified atom stereocenters. The molecular formula is C19H19N3O2. The number of aryl methyl sites for hydroxylation is 1. The number of nitrogens with one attached hydrogen (secondary N) is 1. The second-order valence-corrected chi connectivity index (χ2v) is 5.42. The van der Waals surface area contributed by atoms with Gasteiger partial charge >= 0.3 is 0 Å². The van der Waals surface area contributed by atoms with E-state index < -0.39 is 0 Å². The molecule has 2 rings (SSSR count). The summed E-state index contributed by atoms with van der Waals surface area (Å²) in [6.07, 6.45) is 0. The first-order chi connectivity index (χ1) is 11.5. The molecule has 0 aliphatic heterocycles. The van der Waals surface area contributed by atoms with Crippen molar-refractivity contribution in [2.75, 3.05) is 18.0 Å². The van der Waals surface area contributed by atoms with Crippen LogP contribution in [-0.2, 0) is 4.79 Å². The number of rotatable bonds is 5. The Balaban J connectivity index is 2.04. The molecule has 2 aromatic rings. The predicted molar refractivity (Wildman–Crippen MR) is 92.7 cm³/mol. The van der Waals surface area contributed by atoms with Crippen molar-refractivity contribution in [2.24, 2.45) is 0 Å². The fourth-order valence-corrected chi connectivity index (χ4v) is 2.42. The molecule has 1 N–H and O–H groups in total. The molecule has 0 fully saturated rings. The average molecular weight is 321 g/mol. The van der Waals surface area contributed by atoms with Gasteiger partial charge in [0, 0.05) is 25.6 Å². The number of para-hydroxylation sites is 1. The van der Waals surface area contributed by atoms with Crippen LogP contribution >= 0.6 is 0 Å². The summed E-state index contributed by atoms with van der Waals surface area (Å²) in [4.78, 5) is 25.5. The van der Waals surface area contributed by atoms with E-state index in [0.29, 0.717) is 29.9 Å². The second kappa shape index (κ2) is 7.93. The number of benzene rings is 2. The number of carbonyl (C=O) groups excluding carboxylic acids is 2. The lowest BCUT2D eigenvalue weighted by Crippen LogP contribution is -2.38. The van der Waals surface area contributed by atoms with Crippen LogP contribution in [0.3, 0.4) is 0 Å². The molecule has 0 saturated carbocycles. The molecule has 24 heavy (non-hydrogen) atoms. The molecule has 5 heteroatoms. The first-order valence-electron chi connectivity index (χ1n) is 7.65. The van der Waals surface area contributed by atoms with E-state index in [1.165, 1.54) is 11.8 Å². The highest BCUT2D eigenvalue weighted by Crippen LogP contribution is 2.19. The summed E-state index contributed by atoms with van der Waals surface area (Å²) in [7, 11) is 0. The van der Waals surface area contributed by atoms with Gasteiger partial charge in [0.2, 0.25) is 5.91 Å². The first-order valence-corrected chi connectivity index (χ1v) is 7.65. The molecular weight excluding hydrogens is 302 g/mol. The molecule has 0 heterocycles. The number of carbonyl (C=O) groups is 2. The van der Waals surface area contributed by atoms with Crippen LogP contribution in [0.4, 0.5) is 5.69 Å². The molecule has 0 aliphatic rings. The smallest absolute Gasteiger partial charge is 0.251 e. The van der Waals surface area contributed by atoms with Gasteiger partial charge in [0.25, 0.3) is 5.91 Å². The minimum Gasteiger partial charge on any atom is -0.350 e. The van der Waals surface area contributed by atoms with E-state index >= 15 is 0 Å². The fourth-order valence-electron chi connectivity index (χ4n) is 2.42. The predicted octanol–water partition coefficient (Wildman–Crippen LogP) is 2.65. The van der Waals surface area contributed by atoms with Crippen molar-refractivity contribution >= 4 is 17.5 Å². The largest absolute Gasteiger partial charge is 0.350 e. The molecule has 5 nitrogen and oxygen atoms in total. The molecule has 0 aliphatic carbocycles. The van der Waals surface area contributed by atoms with Crippen molar-refractivity contribution in [3.05, 3.63) is 65.2 Å². The minimum absolute atomic E-state index is 0.178. The van der Waals surface area contributed by atoms with Crippen LogP contribution in [0.5, 0.6) is 0 Å². The van der Waals surface area contributed by atoms with Crippen molar-refractivity contribution < 1.29 is 9.59 Å². The molecule has 0 bridgehead atoms. The Labute approximate surface area is 141 Å². The van der Waals surface area contributed by atoms with Crippen molar-refractivity contribution in [1.29, 1.82) is 5.26 Å². The van der Waals surface area contributed by atoms with E-state index in [4.69, 9.17) is 0 Å². The quantitative estimate of drug-likeness (QED) is 0.920. The summed E-state index contributed by atoms with van der Waals surface area (Å²) in [5, 5.41) is 12.0. The number of amides is 2. The Hall–Kier alpha value is -3.13. The summed E-state index contributed by atoms with van der Waals surface area (Å²) in [6, 6.07) is 16.3. The number of nitriles is 1. The van der Waals surface area contributed by atoms with E-state index in [1.807, 2.05) is 25.1 Å². The van der Waals surface area contributed by atoms with Crippen LogP contribution in [0.25, 0.3) is 0 Å². The lowest BCUT2D eigenvalue weighted by Gasteiger charge is -2.22. The van der Waals surface area contributed by atoms with E-state index in [1.54, 1.807) is 30.3 Å². The maximum Gasteiger partial charge on any atom is 0.251 e. The molecule has 122 valence electrons. The van der Waals surface area contributed by atoms with Gasteiger partial charge < -0.3 is 10.2 Å². The topological polar surface area (TPSA) is 73.2 Å². The van der Waals surface area contributed by atoms with Crippen molar-refractivity contribution in [3.8, 4) is 6.07 Å². The second-order valence-electron chi connectivity index (χ2n) is 5.42. The molecule has 0 aromatic heterocycles. The van der Waals surface area contributed by atoms with Gasteiger partial charge in [-0.05, 0) is 31.2 Å². The van der Waals surface area contributed by atoms with E-state index in [0.717, 1.165) is 5.56 Å². The maximum absolute atomic E-state index is 12.1. The fraction of sp³-hybridized carbons (Fsp3) is 0.211. The lowest BCUT2D eigenvalue weighted by molar-refractivity contribution is -0.116. The Morgan fingerprint density at radius 3 is 2.58 bits per heavy atom. The zero-order valence-electron chi connectivity index (χ0n) is 13.7. The summed E-state index contributed by atoms with van der Waals surface area (Å²) in [5.74, 6) is -0.363. The summed E-state index contributed by atoms with van der Waals surface area (Å²) >= 11 is 0. The molecule has 0 saturated heterocycles. The van der Waals surface area contributed by atoms with Crippen LogP contribution in [0.2, 0.25) is 0 Å². The van der Waals surface area contributed by atoms with Gasteiger partial charge in [-0.15, -0.1) is 0 Å². The number of nitrogens with zero attached hydrogens (tertiary/aromatic N) is 2. The van der Waals surface area contributed by atoms with Crippen LogP contribution in [0.15, 0.2) is 48.5 Å². The standard InChI is InChI=1S/C19H19N3O2/c1-14-6-5-8-16(12-14)19(24)21-10-11-22(15(2)23)18-9-4-3-7-17(18)13-20/h3-9,12H,10-11H2,1-2H3,(H,21,24). The Bertz CT molecular complexity index is 793. The third kappa shape index (κ3) is 4.20. The third-order valence-corrected chi connectivity index (χ3v) is 3.60. The van der Waals surface area contributed by atoms with Gasteiger partial charge in [0.1, 0.15) is 6.07 Å². The van der Waals surface area contributed by atoms with E-state index in [2.05, 4.69) is 11.4 Å². The number of anilines is 1. The molecule has 0 atom stereocenters. The van der Waals surface area contributed by atoms with Crippen LogP contribution in [-0.4, -0.2) is 24.9 Å². The zero-order valence-corrected chi connectivity index (χ0v) is 13.7. The van der Waals surface area contributed by atoms with Crippen LogP contribution < -0.4 is 10.2 Å². The van der Waals surface area contributed by atoms with Gasteiger partial charge in [-0.3, -0.25) is 9.59 Å². The molecule has 2 aromatic carbocycles. The van der Waals surface area contributed by atoms with Gasteiger partial charge in [-0.1, -0.05) is 29.8 Å². The van der Waals surface area contributed by atoms with Crippen LogP contribution in [0.1, 0.15) is 28.4 Å². The van der Waals surface area contributed by atoms with E-state index in [9.17, 15) is 14.9 Å². The normalized spacial score (nSPS) is 9.88. The highest BCUT2D eigenvalue weighted by molar-refractivity contribution is 5.95. The average Bonchev–Trinajstić information content (AvgIpc) is 2.58. The number of hydrogen-bond acceptors (Lipinski definition) is 3. The Kier molecular flexibility index (Phi) is 5.69. The highest BCUT2D eigenvalue weighted by atomic mass is 16.2. The summed E-state index contributed by atoms with van der Waals surface area (Å²) < 4.78 is 0. The Morgan fingerprint density at radius 1 is 1.17 bits per heavy atom. The van der Waals surface area contributed by atoms with Gasteiger partial charge in [0.15, 0.2) is 0 Å². The SMILES string of the molecule is CC(=O)N(CCNC(=O)c1cccc(C)c1)c1ccccc1C#N. The van der Waals surface area contributed by atoms with Crippen molar-refractivity contribution in [3.63, 3.8) is 0 Å². The summed E-state index contributed by atoms with van der Waals surface area (Å²) in [5.41, 5.74) is 2.58. The van der Waals surface area contributed by atoms with Crippen LogP contribution in [0, 0.1) is 18.3 Å². The third-order valence-electron chi connectivity index (χ3n) is 3.60.